The van der Waals surface area contributed by atoms with Crippen molar-refractivity contribution < 1.29 is 19.0 Å². The van der Waals surface area contributed by atoms with Crippen molar-refractivity contribution in [2.75, 3.05) is 25.3 Å². The van der Waals surface area contributed by atoms with Gasteiger partial charge in [-0.3, -0.25) is 0 Å². The van der Waals surface area contributed by atoms with Crippen LogP contribution >= 0.6 is 0 Å². The Morgan fingerprint density at radius 1 is 1.21 bits per heavy atom. The number of ether oxygens (including phenoxy) is 3. The van der Waals surface area contributed by atoms with Gasteiger partial charge in [-0.1, -0.05) is 5.92 Å². The number of carbonyl (C=O) groups is 1. The first kappa shape index (κ1) is 24.6. The number of amides is 1. The average molecular weight is 526 g/mol. The smallest absolute Gasteiger partial charge is 0.413 e. The van der Waals surface area contributed by atoms with Crippen LogP contribution in [-0.4, -0.2) is 67.6 Å². The number of aryl methyl sites for hydroxylation is 2. The zero-order chi connectivity index (χ0) is 26.9. The van der Waals surface area contributed by atoms with Crippen molar-refractivity contribution in [2.24, 2.45) is 0 Å². The van der Waals surface area contributed by atoms with Gasteiger partial charge in [-0.15, -0.1) is 0 Å². The first-order valence-corrected chi connectivity index (χ1v) is 12.6. The lowest BCUT2D eigenvalue weighted by Gasteiger charge is -2.25. The summed E-state index contributed by atoms with van der Waals surface area (Å²) in [4.78, 5) is 27.4. The molecule has 2 atom stereocenters. The molecule has 2 aliphatic heterocycles. The van der Waals surface area contributed by atoms with Crippen LogP contribution in [-0.2, 0) is 9.47 Å². The fourth-order valence-corrected chi connectivity index (χ4v) is 4.96. The molecule has 11 heteroatoms. The molecule has 6 heterocycles. The van der Waals surface area contributed by atoms with Gasteiger partial charge in [0, 0.05) is 29.6 Å². The van der Waals surface area contributed by atoms with Gasteiger partial charge in [-0.2, -0.15) is 5.10 Å². The zero-order valence-corrected chi connectivity index (χ0v) is 21.8. The zero-order valence-electron chi connectivity index (χ0n) is 21.8. The fourth-order valence-electron chi connectivity index (χ4n) is 4.96. The van der Waals surface area contributed by atoms with E-state index in [1.807, 2.05) is 50.4 Å². The summed E-state index contributed by atoms with van der Waals surface area (Å²) in [5.74, 6) is 8.37. The molecule has 39 heavy (non-hydrogen) atoms. The van der Waals surface area contributed by atoms with Crippen molar-refractivity contribution in [2.45, 2.75) is 39.3 Å². The van der Waals surface area contributed by atoms with E-state index in [1.54, 1.807) is 22.5 Å². The van der Waals surface area contributed by atoms with Gasteiger partial charge in [-0.25, -0.2) is 24.3 Å². The highest BCUT2D eigenvalue weighted by atomic mass is 16.7. The van der Waals surface area contributed by atoms with E-state index in [1.165, 1.54) is 0 Å². The molecule has 2 bridgehead atoms. The average Bonchev–Trinajstić information content (AvgIpc) is 3.64. The normalized spacial score (nSPS) is 17.7. The van der Waals surface area contributed by atoms with Gasteiger partial charge in [0.15, 0.2) is 5.82 Å². The van der Waals surface area contributed by atoms with Crippen molar-refractivity contribution in [3.8, 4) is 28.7 Å². The number of nitrogens with one attached hydrogen (secondary N) is 1. The molecule has 11 nitrogen and oxygen atoms in total. The van der Waals surface area contributed by atoms with Gasteiger partial charge < -0.3 is 24.4 Å². The largest absolute Gasteiger partial charge is 0.455 e. The third-order valence-electron chi connectivity index (χ3n) is 6.65. The summed E-state index contributed by atoms with van der Waals surface area (Å²) in [5.41, 5.74) is 3.99. The Morgan fingerprint density at radius 3 is 2.87 bits per heavy atom. The van der Waals surface area contributed by atoms with Gasteiger partial charge in [-0.05, 0) is 56.9 Å². The minimum absolute atomic E-state index is 0.0794. The summed E-state index contributed by atoms with van der Waals surface area (Å²) in [6, 6.07) is 9.66. The molecule has 0 aliphatic carbocycles. The highest BCUT2D eigenvalue weighted by Crippen LogP contribution is 2.32. The molecule has 0 saturated carbocycles. The maximum atomic E-state index is 12.5. The number of carbonyl (C=O) groups excluding carboxylic acids is 1. The molecule has 4 aromatic rings. The summed E-state index contributed by atoms with van der Waals surface area (Å²) in [6.07, 6.45) is 4.03. The third-order valence-corrected chi connectivity index (χ3v) is 6.65. The standard InChI is InChI=1S/C28H27N7O4/c1-4-5-20-10-24(25(13-29-20)38-16-39-28(36)34-14-23-11-22(34)15-37-23)19-6-7-35-21(9-19)12-27(33-35)32-26-8-17(2)30-18(3)31-26/h6-10,12-13,22-23H,11,14-16H2,1-3H3,(H,30,31,32,33). The molecular weight excluding hydrogens is 498 g/mol. The van der Waals surface area contributed by atoms with E-state index in [0.717, 1.165) is 28.8 Å². The Kier molecular flexibility index (Phi) is 6.46. The number of pyridine rings is 2. The van der Waals surface area contributed by atoms with Gasteiger partial charge in [0.2, 0.25) is 6.79 Å². The molecule has 0 aromatic carbocycles. The minimum atomic E-state index is -0.399. The lowest BCUT2D eigenvalue weighted by molar-refractivity contribution is -0.000781. The van der Waals surface area contributed by atoms with E-state index in [4.69, 9.17) is 14.2 Å². The Labute approximate surface area is 225 Å². The van der Waals surface area contributed by atoms with Gasteiger partial charge in [0.05, 0.1) is 37.0 Å². The Bertz CT molecular complexity index is 1600. The molecule has 4 aromatic heterocycles. The highest BCUT2D eigenvalue weighted by molar-refractivity contribution is 5.76. The second-order valence-electron chi connectivity index (χ2n) is 9.49. The summed E-state index contributed by atoms with van der Waals surface area (Å²) >= 11 is 0. The van der Waals surface area contributed by atoms with E-state index in [-0.39, 0.29) is 18.9 Å². The van der Waals surface area contributed by atoms with Crippen molar-refractivity contribution in [3.05, 3.63) is 59.9 Å². The van der Waals surface area contributed by atoms with Crippen LogP contribution < -0.4 is 10.1 Å². The summed E-state index contributed by atoms with van der Waals surface area (Å²) in [5, 5.41) is 7.85. The van der Waals surface area contributed by atoms with Crippen molar-refractivity contribution in [1.29, 1.82) is 0 Å². The molecule has 2 fully saturated rings. The molecule has 2 aliphatic rings. The molecule has 198 valence electrons. The predicted octanol–water partition coefficient (Wildman–Crippen LogP) is 3.86. The molecule has 0 radical (unpaired) electrons. The lowest BCUT2D eigenvalue weighted by Crippen LogP contribution is -2.42. The predicted molar refractivity (Wildman–Crippen MR) is 143 cm³/mol. The number of morpholine rings is 1. The second-order valence-corrected chi connectivity index (χ2v) is 9.49. The van der Waals surface area contributed by atoms with Crippen LogP contribution in [0.5, 0.6) is 5.75 Å². The van der Waals surface area contributed by atoms with Gasteiger partial charge >= 0.3 is 6.09 Å². The van der Waals surface area contributed by atoms with E-state index in [0.29, 0.717) is 42.1 Å². The molecule has 2 unspecified atom stereocenters. The minimum Gasteiger partial charge on any atom is -0.455 e. The number of anilines is 2. The molecule has 6 rings (SSSR count). The maximum Gasteiger partial charge on any atom is 0.413 e. The number of fused-ring (bicyclic) bond motifs is 3. The van der Waals surface area contributed by atoms with Crippen LogP contribution in [0.1, 0.15) is 30.6 Å². The molecular formula is C28H27N7O4. The summed E-state index contributed by atoms with van der Waals surface area (Å²) in [7, 11) is 0. The molecule has 1 amide bonds. The lowest BCUT2D eigenvalue weighted by atomic mass is 10.1. The first-order chi connectivity index (χ1) is 18.9. The SMILES string of the molecule is CC#Cc1cc(-c2ccn3nc(Nc4cc(C)nc(C)n4)cc3c2)c(OCOC(=O)N2CC3CC2CO3)cn1. The topological polar surface area (TPSA) is 116 Å². The first-order valence-electron chi connectivity index (χ1n) is 12.6. The van der Waals surface area contributed by atoms with Crippen LogP contribution in [0.4, 0.5) is 16.4 Å². The van der Waals surface area contributed by atoms with E-state index < -0.39 is 6.09 Å². The van der Waals surface area contributed by atoms with E-state index >= 15 is 0 Å². The van der Waals surface area contributed by atoms with Crippen molar-refractivity contribution >= 4 is 23.2 Å². The van der Waals surface area contributed by atoms with Crippen LogP contribution in [0.15, 0.2) is 42.7 Å². The number of rotatable bonds is 6. The maximum absolute atomic E-state index is 12.5. The van der Waals surface area contributed by atoms with Gasteiger partial charge in [0.25, 0.3) is 0 Å². The number of hydrogen-bond acceptors (Lipinski definition) is 9. The van der Waals surface area contributed by atoms with Crippen LogP contribution in [0, 0.1) is 25.7 Å². The second kappa shape index (κ2) is 10.2. The van der Waals surface area contributed by atoms with E-state index in [9.17, 15) is 4.79 Å². The number of likely N-dealkylation sites (tertiary alicyclic amines) is 1. The molecule has 0 spiro atoms. The summed E-state index contributed by atoms with van der Waals surface area (Å²) < 4.78 is 18.6. The monoisotopic (exact) mass is 525 g/mol. The van der Waals surface area contributed by atoms with Crippen LogP contribution in [0.25, 0.3) is 16.6 Å². The van der Waals surface area contributed by atoms with E-state index in [2.05, 4.69) is 37.2 Å². The van der Waals surface area contributed by atoms with Crippen molar-refractivity contribution in [3.63, 3.8) is 0 Å². The number of hydrogen-bond donors (Lipinski definition) is 1. The Morgan fingerprint density at radius 2 is 2.10 bits per heavy atom. The Hall–Kier alpha value is -4.69. The Balaban J connectivity index is 1.22. The highest BCUT2D eigenvalue weighted by Gasteiger charge is 2.42. The molecule has 1 N–H and O–H groups in total. The third kappa shape index (κ3) is 5.19. The van der Waals surface area contributed by atoms with Crippen LogP contribution in [0.2, 0.25) is 0 Å². The molecule has 2 saturated heterocycles. The number of aromatic nitrogens is 5. The summed E-state index contributed by atoms with van der Waals surface area (Å²) in [6.45, 7) is 6.41. The van der Waals surface area contributed by atoms with Crippen LogP contribution in [0.3, 0.4) is 0 Å². The van der Waals surface area contributed by atoms with Gasteiger partial charge in [0.1, 0.15) is 23.1 Å². The fraction of sp³-hybridized carbons (Fsp3) is 0.321. The quantitative estimate of drug-likeness (QED) is 0.296. The van der Waals surface area contributed by atoms with Crippen molar-refractivity contribution in [1.82, 2.24) is 29.5 Å². The number of nitrogens with zero attached hydrogens (tertiary/aromatic N) is 6.